The molecular formula is C20H21F3N2O4. The van der Waals surface area contributed by atoms with Gasteiger partial charge in [-0.2, -0.15) is 13.2 Å². The van der Waals surface area contributed by atoms with Crippen molar-refractivity contribution in [2.45, 2.75) is 26.4 Å². The van der Waals surface area contributed by atoms with Crippen molar-refractivity contribution in [1.29, 1.82) is 0 Å². The number of aliphatic carboxylic acids is 1. The Bertz CT molecular complexity index is 898. The van der Waals surface area contributed by atoms with Crippen LogP contribution in [0.4, 0.5) is 23.7 Å². The molecule has 2 amide bonds. The van der Waals surface area contributed by atoms with E-state index >= 15 is 0 Å². The number of hydrogen-bond donors (Lipinski definition) is 3. The van der Waals surface area contributed by atoms with E-state index in [2.05, 4.69) is 10.6 Å². The van der Waals surface area contributed by atoms with Crippen LogP contribution >= 0.6 is 0 Å². The van der Waals surface area contributed by atoms with Gasteiger partial charge in [-0.3, -0.25) is 0 Å². The number of benzene rings is 2. The molecule has 2 aromatic rings. The van der Waals surface area contributed by atoms with Crippen LogP contribution in [0.1, 0.15) is 24.5 Å². The highest BCUT2D eigenvalue weighted by atomic mass is 19.4. The van der Waals surface area contributed by atoms with Crippen molar-refractivity contribution in [2.75, 3.05) is 18.5 Å². The minimum atomic E-state index is -4.75. The topological polar surface area (TPSA) is 87.7 Å². The van der Waals surface area contributed by atoms with Crippen LogP contribution in [0, 0.1) is 6.92 Å². The van der Waals surface area contributed by atoms with Crippen LogP contribution in [0.2, 0.25) is 0 Å². The number of carbonyl (C=O) groups is 2. The second kappa shape index (κ2) is 9.31. The summed E-state index contributed by atoms with van der Waals surface area (Å²) in [5.74, 6) is -1.36. The molecule has 0 atom stereocenters. The third-order valence-corrected chi connectivity index (χ3v) is 4.00. The summed E-state index contributed by atoms with van der Waals surface area (Å²) in [5.41, 5.74) is -0.368. The molecule has 6 nitrogen and oxygen atoms in total. The maximum Gasteiger partial charge on any atom is 0.418 e. The lowest BCUT2D eigenvalue weighted by Gasteiger charge is -2.20. The molecule has 0 spiro atoms. The van der Waals surface area contributed by atoms with E-state index in [1.165, 1.54) is 0 Å². The fourth-order valence-electron chi connectivity index (χ4n) is 2.67. The van der Waals surface area contributed by atoms with Crippen molar-refractivity contribution in [1.82, 2.24) is 5.32 Å². The van der Waals surface area contributed by atoms with E-state index in [-0.39, 0.29) is 17.9 Å². The van der Waals surface area contributed by atoms with Crippen LogP contribution in [0.3, 0.4) is 0 Å². The molecule has 0 aliphatic heterocycles. The van der Waals surface area contributed by atoms with Gasteiger partial charge in [0.2, 0.25) is 0 Å². The number of hydrogen-bond acceptors (Lipinski definition) is 3. The molecule has 0 saturated heterocycles. The van der Waals surface area contributed by atoms with E-state index in [0.29, 0.717) is 17.5 Å². The molecule has 0 saturated carbocycles. The number of rotatable bonds is 7. The summed E-state index contributed by atoms with van der Waals surface area (Å²) >= 11 is 0. The first-order valence-corrected chi connectivity index (χ1v) is 8.84. The summed E-state index contributed by atoms with van der Waals surface area (Å²) < 4.78 is 46.3. The number of carboxylic acids is 1. The molecule has 3 N–H and O–H groups in total. The van der Waals surface area contributed by atoms with E-state index in [1.807, 2.05) is 0 Å². The molecule has 2 rings (SSSR count). The monoisotopic (exact) mass is 410 g/mol. The Morgan fingerprint density at radius 3 is 2.41 bits per heavy atom. The normalized spacial score (nSPS) is 11.1. The van der Waals surface area contributed by atoms with Crippen LogP contribution in [-0.4, -0.2) is 30.3 Å². The standard InChI is InChI=1S/C20H21F3N2O4/c1-3-8-24-19(28)25-16-10-17(29-11-18(26)27)14(9-15(16)20(21,22)23)13-7-5-4-6-12(13)2/h4-7,9-10H,3,8,11H2,1-2H3,(H,26,27)(H2,24,25,28). The summed E-state index contributed by atoms with van der Waals surface area (Å²) in [6, 6.07) is 7.77. The number of carbonyl (C=O) groups excluding carboxylic acids is 1. The molecule has 0 aliphatic rings. The summed E-state index contributed by atoms with van der Waals surface area (Å²) in [6.45, 7) is 3.06. The Balaban J connectivity index is 2.61. The second-order valence-corrected chi connectivity index (χ2v) is 6.27. The lowest BCUT2D eigenvalue weighted by Crippen LogP contribution is -2.30. The molecule has 0 radical (unpaired) electrons. The second-order valence-electron chi connectivity index (χ2n) is 6.27. The zero-order valence-corrected chi connectivity index (χ0v) is 15.9. The van der Waals surface area contributed by atoms with Crippen LogP contribution < -0.4 is 15.4 Å². The number of anilines is 1. The first-order valence-electron chi connectivity index (χ1n) is 8.84. The number of amides is 2. The van der Waals surface area contributed by atoms with Gasteiger partial charge < -0.3 is 20.5 Å². The van der Waals surface area contributed by atoms with Crippen LogP contribution in [0.25, 0.3) is 11.1 Å². The van der Waals surface area contributed by atoms with E-state index < -0.39 is 36.0 Å². The number of alkyl halides is 3. The number of halogens is 3. The van der Waals surface area contributed by atoms with Gasteiger partial charge in [-0.05, 0) is 30.5 Å². The predicted molar refractivity (Wildman–Crippen MR) is 102 cm³/mol. The average Bonchev–Trinajstić information content (AvgIpc) is 2.64. The summed E-state index contributed by atoms with van der Waals surface area (Å²) in [6.07, 6.45) is -4.14. The van der Waals surface area contributed by atoms with Crippen molar-refractivity contribution in [2.24, 2.45) is 0 Å². The Morgan fingerprint density at radius 1 is 1.14 bits per heavy atom. The molecule has 0 heterocycles. The van der Waals surface area contributed by atoms with Gasteiger partial charge in [-0.1, -0.05) is 31.2 Å². The van der Waals surface area contributed by atoms with Crippen molar-refractivity contribution in [3.8, 4) is 16.9 Å². The molecule has 0 unspecified atom stereocenters. The highest BCUT2D eigenvalue weighted by Crippen LogP contribution is 2.43. The Morgan fingerprint density at radius 2 is 1.83 bits per heavy atom. The van der Waals surface area contributed by atoms with Gasteiger partial charge in [0.1, 0.15) is 5.75 Å². The molecule has 0 aromatic heterocycles. The third-order valence-electron chi connectivity index (χ3n) is 4.00. The first-order chi connectivity index (χ1) is 13.6. The van der Waals surface area contributed by atoms with Crippen molar-refractivity contribution >= 4 is 17.7 Å². The fraction of sp³-hybridized carbons (Fsp3) is 0.300. The molecule has 2 aromatic carbocycles. The molecule has 9 heteroatoms. The zero-order chi connectivity index (χ0) is 21.6. The zero-order valence-electron chi connectivity index (χ0n) is 15.9. The van der Waals surface area contributed by atoms with Crippen molar-refractivity contribution in [3.63, 3.8) is 0 Å². The summed E-state index contributed by atoms with van der Waals surface area (Å²) in [7, 11) is 0. The van der Waals surface area contributed by atoms with Gasteiger partial charge in [0.15, 0.2) is 6.61 Å². The van der Waals surface area contributed by atoms with Gasteiger partial charge >= 0.3 is 18.2 Å². The van der Waals surface area contributed by atoms with E-state index in [9.17, 15) is 22.8 Å². The molecular weight excluding hydrogens is 389 g/mol. The Kier molecular flexibility index (Phi) is 7.08. The molecule has 0 aliphatic carbocycles. The van der Waals surface area contributed by atoms with Crippen LogP contribution in [0.15, 0.2) is 36.4 Å². The summed E-state index contributed by atoms with van der Waals surface area (Å²) in [5, 5.41) is 13.5. The minimum Gasteiger partial charge on any atom is -0.481 e. The van der Waals surface area contributed by atoms with Gasteiger partial charge in [-0.25, -0.2) is 9.59 Å². The van der Waals surface area contributed by atoms with Crippen LogP contribution in [0.5, 0.6) is 5.75 Å². The molecule has 0 fully saturated rings. The highest BCUT2D eigenvalue weighted by molar-refractivity contribution is 5.92. The SMILES string of the molecule is CCCNC(=O)Nc1cc(OCC(=O)O)c(-c2ccccc2C)cc1C(F)(F)F. The lowest BCUT2D eigenvalue weighted by molar-refractivity contribution is -0.139. The maximum atomic E-state index is 13.7. The maximum absolute atomic E-state index is 13.7. The number of urea groups is 1. The molecule has 29 heavy (non-hydrogen) atoms. The summed E-state index contributed by atoms with van der Waals surface area (Å²) in [4.78, 5) is 22.8. The quantitative estimate of drug-likeness (QED) is 0.619. The number of aryl methyl sites for hydroxylation is 1. The van der Waals surface area contributed by atoms with E-state index in [1.54, 1.807) is 38.1 Å². The van der Waals surface area contributed by atoms with Crippen LogP contribution in [-0.2, 0) is 11.0 Å². The Hall–Kier alpha value is -3.23. The number of carboxylic acid groups (broad SMARTS) is 1. The largest absolute Gasteiger partial charge is 0.481 e. The first kappa shape index (κ1) is 22.1. The van der Waals surface area contributed by atoms with Gasteiger partial charge in [0.25, 0.3) is 0 Å². The lowest BCUT2D eigenvalue weighted by atomic mass is 9.96. The van der Waals surface area contributed by atoms with Gasteiger partial charge in [0, 0.05) is 18.2 Å². The fourth-order valence-corrected chi connectivity index (χ4v) is 2.67. The minimum absolute atomic E-state index is 0.0798. The average molecular weight is 410 g/mol. The molecule has 0 bridgehead atoms. The highest BCUT2D eigenvalue weighted by Gasteiger charge is 2.35. The smallest absolute Gasteiger partial charge is 0.418 e. The Labute approximate surface area is 165 Å². The number of ether oxygens (including phenoxy) is 1. The number of nitrogens with one attached hydrogen (secondary N) is 2. The van der Waals surface area contributed by atoms with Crippen molar-refractivity contribution < 1.29 is 32.6 Å². The van der Waals surface area contributed by atoms with Crippen molar-refractivity contribution in [3.05, 3.63) is 47.5 Å². The van der Waals surface area contributed by atoms with Gasteiger partial charge in [-0.15, -0.1) is 0 Å². The predicted octanol–water partition coefficient (Wildman–Crippen LogP) is 4.68. The van der Waals surface area contributed by atoms with E-state index in [0.717, 1.165) is 12.1 Å². The van der Waals surface area contributed by atoms with Gasteiger partial charge in [0.05, 0.1) is 11.3 Å². The molecule has 156 valence electrons. The third kappa shape index (κ3) is 5.87. The van der Waals surface area contributed by atoms with E-state index in [4.69, 9.17) is 9.84 Å².